The predicted octanol–water partition coefficient (Wildman–Crippen LogP) is 10.0. The molecule has 11 nitrogen and oxygen atoms in total. The first kappa shape index (κ1) is 44.5. The summed E-state index contributed by atoms with van der Waals surface area (Å²) in [6, 6.07) is 30.6. The standard InChI is InChI=1S/C22H18ClN3O3S.C21H18Cl2N2O3S/c1-26(22-25-19(13-30-22)17-8-4-5-9-18(17)23)21(29)16(11-20(27)28)10-14-6-2-3-7-15(14)12-24;1-25(21-24-18(12-29-21)16-4-2-3-5-17(16)23)20(28)14(11-19(26)27)10-13-6-8-15(22)9-7-13/h2-9,13,16H,10-11H2,1H3,(H,27,28);2-9,12,14H,10-11H2,1H3,(H,26,27)/t16-;14-/m11/s1. The van der Waals surface area contributed by atoms with E-state index in [0.717, 1.165) is 16.7 Å². The van der Waals surface area contributed by atoms with Crippen molar-refractivity contribution in [1.82, 2.24) is 9.97 Å². The van der Waals surface area contributed by atoms with Gasteiger partial charge < -0.3 is 10.2 Å². The molecular formula is C43H36Cl3N5O6S2. The van der Waals surface area contributed by atoms with Crippen molar-refractivity contribution in [1.29, 1.82) is 5.26 Å². The molecule has 16 heteroatoms. The number of carbonyl (C=O) groups is 4. The highest BCUT2D eigenvalue weighted by Crippen LogP contribution is 2.34. The van der Waals surface area contributed by atoms with Crippen molar-refractivity contribution in [3.05, 3.63) is 140 Å². The Kier molecular flexibility index (Phi) is 15.7. The number of carbonyl (C=O) groups excluding carboxylic acids is 2. The molecule has 0 spiro atoms. The summed E-state index contributed by atoms with van der Waals surface area (Å²) in [5, 5.41) is 34.1. The van der Waals surface area contributed by atoms with Crippen LogP contribution in [0.4, 0.5) is 10.3 Å². The average molecular weight is 889 g/mol. The number of carboxylic acid groups (broad SMARTS) is 2. The summed E-state index contributed by atoms with van der Waals surface area (Å²) < 4.78 is 0. The Labute approximate surface area is 363 Å². The van der Waals surface area contributed by atoms with Crippen LogP contribution in [-0.4, -0.2) is 58.0 Å². The Hall–Kier alpha value is -5.62. The van der Waals surface area contributed by atoms with Gasteiger partial charge in [0.25, 0.3) is 0 Å². The second-order valence-corrected chi connectivity index (χ2v) is 16.1. The van der Waals surface area contributed by atoms with E-state index in [-0.39, 0.29) is 31.1 Å². The molecular weight excluding hydrogens is 853 g/mol. The molecule has 2 N–H and O–H groups in total. The Morgan fingerprint density at radius 2 is 1.10 bits per heavy atom. The minimum atomic E-state index is -1.08. The van der Waals surface area contributed by atoms with Crippen LogP contribution in [0.3, 0.4) is 0 Å². The number of thiazole rings is 2. The Morgan fingerprint density at radius 1 is 0.661 bits per heavy atom. The maximum Gasteiger partial charge on any atom is 0.304 e. The molecule has 6 rings (SSSR count). The third kappa shape index (κ3) is 12.0. The zero-order valence-electron chi connectivity index (χ0n) is 31.6. The van der Waals surface area contributed by atoms with Gasteiger partial charge in [0.1, 0.15) is 0 Å². The van der Waals surface area contributed by atoms with E-state index in [4.69, 9.17) is 34.8 Å². The number of aliphatic carboxylic acids is 2. The Bertz CT molecular complexity index is 2490. The maximum absolute atomic E-state index is 13.1. The van der Waals surface area contributed by atoms with Crippen LogP contribution in [-0.2, 0) is 32.0 Å². The molecule has 2 heterocycles. The highest BCUT2D eigenvalue weighted by molar-refractivity contribution is 7.14. The molecule has 4 aromatic carbocycles. The molecule has 0 aliphatic rings. The fourth-order valence-corrected chi connectivity index (χ4v) is 8.23. The minimum Gasteiger partial charge on any atom is -0.481 e. The number of anilines is 2. The van der Waals surface area contributed by atoms with E-state index < -0.39 is 23.8 Å². The van der Waals surface area contributed by atoms with Gasteiger partial charge in [-0.2, -0.15) is 5.26 Å². The van der Waals surface area contributed by atoms with Crippen molar-refractivity contribution in [3.63, 3.8) is 0 Å². The van der Waals surface area contributed by atoms with Gasteiger partial charge in [-0.1, -0.05) is 102 Å². The van der Waals surface area contributed by atoms with Crippen LogP contribution in [0, 0.1) is 23.2 Å². The zero-order valence-corrected chi connectivity index (χ0v) is 35.5. The first-order valence-electron chi connectivity index (χ1n) is 17.9. The quantitative estimate of drug-likeness (QED) is 0.108. The normalized spacial score (nSPS) is 11.7. The number of nitrogens with zero attached hydrogens (tertiary/aromatic N) is 5. The first-order chi connectivity index (χ1) is 28.2. The van der Waals surface area contributed by atoms with Crippen LogP contribution in [0.15, 0.2) is 108 Å². The molecule has 0 aliphatic heterocycles. The van der Waals surface area contributed by atoms with E-state index in [1.54, 1.807) is 80.1 Å². The number of hydrogen-bond acceptors (Lipinski definition) is 9. The summed E-state index contributed by atoms with van der Waals surface area (Å²) in [4.78, 5) is 60.7. The fourth-order valence-electron chi connectivity index (χ4n) is 6.05. The molecule has 0 saturated heterocycles. The van der Waals surface area contributed by atoms with E-state index in [9.17, 15) is 34.7 Å². The van der Waals surface area contributed by atoms with Crippen molar-refractivity contribution >= 4 is 91.5 Å². The highest BCUT2D eigenvalue weighted by Gasteiger charge is 2.29. The Morgan fingerprint density at radius 3 is 1.56 bits per heavy atom. The van der Waals surface area contributed by atoms with Crippen molar-refractivity contribution in [2.24, 2.45) is 11.8 Å². The first-order valence-corrected chi connectivity index (χ1v) is 20.8. The lowest BCUT2D eigenvalue weighted by Crippen LogP contribution is -2.35. The van der Waals surface area contributed by atoms with Crippen LogP contribution in [0.2, 0.25) is 15.1 Å². The highest BCUT2D eigenvalue weighted by atomic mass is 35.5. The van der Waals surface area contributed by atoms with E-state index in [1.807, 2.05) is 41.8 Å². The Balaban J connectivity index is 0.000000224. The van der Waals surface area contributed by atoms with Crippen molar-refractivity contribution < 1.29 is 29.4 Å². The van der Waals surface area contributed by atoms with Crippen LogP contribution >= 0.6 is 57.5 Å². The van der Waals surface area contributed by atoms with Crippen LogP contribution in [0.25, 0.3) is 22.5 Å². The number of aromatic nitrogens is 2. The summed E-state index contributed by atoms with van der Waals surface area (Å²) in [6.45, 7) is 0. The summed E-state index contributed by atoms with van der Waals surface area (Å²) in [5.41, 5.74) is 4.77. The van der Waals surface area contributed by atoms with Crippen molar-refractivity contribution in [2.45, 2.75) is 25.7 Å². The van der Waals surface area contributed by atoms with Crippen LogP contribution in [0.5, 0.6) is 0 Å². The lowest BCUT2D eigenvalue weighted by Gasteiger charge is -2.21. The smallest absolute Gasteiger partial charge is 0.304 e. The molecule has 302 valence electrons. The number of rotatable bonds is 14. The number of carboxylic acids is 2. The van der Waals surface area contributed by atoms with Gasteiger partial charge in [0.2, 0.25) is 11.8 Å². The SMILES string of the molecule is CN(C(=O)[C@@H](CC(=O)O)Cc1ccc(Cl)cc1)c1nc(-c2ccccc2Cl)cs1.CN(C(=O)[C@@H](CC(=O)O)Cc1ccccc1C#N)c1nc(-c2ccccc2Cl)cs1. The molecule has 2 atom stereocenters. The molecule has 0 bridgehead atoms. The van der Waals surface area contributed by atoms with Crippen LogP contribution in [0.1, 0.15) is 29.5 Å². The third-order valence-electron chi connectivity index (χ3n) is 9.06. The molecule has 0 radical (unpaired) electrons. The molecule has 6 aromatic rings. The van der Waals surface area contributed by atoms with Crippen molar-refractivity contribution in [3.8, 4) is 28.6 Å². The molecule has 0 fully saturated rings. The van der Waals surface area contributed by atoms with Gasteiger partial charge >= 0.3 is 11.9 Å². The fraction of sp³-hybridized carbons (Fsp3) is 0.186. The second kappa shape index (κ2) is 20.9. The number of amides is 2. The molecule has 0 unspecified atom stereocenters. The predicted molar refractivity (Wildman–Crippen MR) is 233 cm³/mol. The average Bonchev–Trinajstić information content (AvgIpc) is 3.92. The van der Waals surface area contributed by atoms with E-state index in [2.05, 4.69) is 16.0 Å². The molecule has 2 amide bonds. The largest absolute Gasteiger partial charge is 0.481 e. The molecule has 59 heavy (non-hydrogen) atoms. The minimum absolute atomic E-state index is 0.155. The van der Waals surface area contributed by atoms with E-state index in [1.165, 1.54) is 32.5 Å². The number of nitriles is 1. The van der Waals surface area contributed by atoms with Crippen LogP contribution < -0.4 is 9.80 Å². The van der Waals surface area contributed by atoms with Gasteiger partial charge in [0.15, 0.2) is 10.3 Å². The molecule has 0 aliphatic carbocycles. The van der Waals surface area contributed by atoms with Gasteiger partial charge in [0.05, 0.1) is 47.7 Å². The van der Waals surface area contributed by atoms with Gasteiger partial charge in [-0.3, -0.25) is 29.0 Å². The van der Waals surface area contributed by atoms with Gasteiger partial charge in [-0.05, 0) is 54.3 Å². The van der Waals surface area contributed by atoms with Gasteiger partial charge in [-0.25, -0.2) is 9.97 Å². The molecule has 2 aromatic heterocycles. The molecule has 0 saturated carbocycles. The maximum atomic E-state index is 13.1. The van der Waals surface area contributed by atoms with Gasteiger partial charge in [0, 0.05) is 51.1 Å². The summed E-state index contributed by atoms with van der Waals surface area (Å²) in [7, 11) is 3.18. The zero-order chi connectivity index (χ0) is 42.6. The lowest BCUT2D eigenvalue weighted by molar-refractivity contribution is -0.141. The monoisotopic (exact) mass is 887 g/mol. The summed E-state index contributed by atoms with van der Waals surface area (Å²) in [6.07, 6.45) is -0.155. The van der Waals surface area contributed by atoms with E-state index in [0.29, 0.717) is 54.3 Å². The van der Waals surface area contributed by atoms with Crippen molar-refractivity contribution in [2.75, 3.05) is 23.9 Å². The lowest BCUT2D eigenvalue weighted by atomic mass is 9.92. The second-order valence-electron chi connectivity index (χ2n) is 13.2. The van der Waals surface area contributed by atoms with Gasteiger partial charge in [-0.15, -0.1) is 22.7 Å². The third-order valence-corrected chi connectivity index (χ3v) is 11.8. The van der Waals surface area contributed by atoms with E-state index >= 15 is 0 Å². The topological polar surface area (TPSA) is 165 Å². The number of benzene rings is 4. The summed E-state index contributed by atoms with van der Waals surface area (Å²) >= 11 is 20.9. The summed E-state index contributed by atoms with van der Waals surface area (Å²) in [5.74, 6) is -4.32. The number of halogens is 3. The number of hydrogen-bond donors (Lipinski definition) is 2.